The summed E-state index contributed by atoms with van der Waals surface area (Å²) >= 11 is 0. The minimum atomic E-state index is -0.539. The Morgan fingerprint density at radius 3 is 2.84 bits per heavy atom. The molecule has 106 valence electrons. The summed E-state index contributed by atoms with van der Waals surface area (Å²) in [6, 6.07) is 0. The molecule has 0 unspecified atom stereocenters. The van der Waals surface area contributed by atoms with Gasteiger partial charge in [-0.15, -0.1) is 0 Å². The summed E-state index contributed by atoms with van der Waals surface area (Å²) in [5, 5.41) is 4.22. The Labute approximate surface area is 112 Å². The SMILES string of the molecule is CCOC(=O)c1cnn(CCC2(C)OCCO2)c1C. The van der Waals surface area contributed by atoms with Gasteiger partial charge in [0.2, 0.25) is 0 Å². The molecule has 6 nitrogen and oxygen atoms in total. The Bertz CT molecular complexity index is 449. The normalized spacial score (nSPS) is 17.6. The van der Waals surface area contributed by atoms with Crippen LogP contribution in [0.5, 0.6) is 0 Å². The molecule has 0 radical (unpaired) electrons. The average Bonchev–Trinajstić information content (AvgIpc) is 2.95. The van der Waals surface area contributed by atoms with Crippen LogP contribution in [0.4, 0.5) is 0 Å². The minimum absolute atomic E-state index is 0.328. The molecule has 2 rings (SSSR count). The second kappa shape index (κ2) is 5.71. The van der Waals surface area contributed by atoms with Crippen LogP contribution in [0, 0.1) is 6.92 Å². The molecule has 0 atom stereocenters. The first-order valence-electron chi connectivity index (χ1n) is 6.53. The smallest absolute Gasteiger partial charge is 0.341 e. The van der Waals surface area contributed by atoms with Gasteiger partial charge in [-0.2, -0.15) is 5.10 Å². The lowest BCUT2D eigenvalue weighted by Gasteiger charge is -2.22. The van der Waals surface area contributed by atoms with E-state index in [9.17, 15) is 4.79 Å². The Morgan fingerprint density at radius 1 is 1.53 bits per heavy atom. The summed E-state index contributed by atoms with van der Waals surface area (Å²) in [7, 11) is 0. The summed E-state index contributed by atoms with van der Waals surface area (Å²) in [5.74, 6) is -0.867. The number of nitrogens with zero attached hydrogens (tertiary/aromatic N) is 2. The number of hydrogen-bond donors (Lipinski definition) is 0. The molecule has 19 heavy (non-hydrogen) atoms. The third kappa shape index (κ3) is 3.13. The molecule has 1 aromatic heterocycles. The molecule has 0 saturated carbocycles. The van der Waals surface area contributed by atoms with Crippen molar-refractivity contribution in [2.45, 2.75) is 39.5 Å². The maximum atomic E-state index is 11.7. The van der Waals surface area contributed by atoms with Crippen LogP contribution < -0.4 is 0 Å². The van der Waals surface area contributed by atoms with Gasteiger partial charge in [0.25, 0.3) is 0 Å². The Balaban J connectivity index is 1.99. The third-order valence-electron chi connectivity index (χ3n) is 3.27. The van der Waals surface area contributed by atoms with Crippen molar-refractivity contribution in [2.24, 2.45) is 0 Å². The highest BCUT2D eigenvalue weighted by molar-refractivity contribution is 5.90. The number of aromatic nitrogens is 2. The van der Waals surface area contributed by atoms with Crippen LogP contribution in [-0.2, 0) is 20.8 Å². The van der Waals surface area contributed by atoms with Gasteiger partial charge < -0.3 is 14.2 Å². The number of carbonyl (C=O) groups excluding carboxylic acids is 1. The Hall–Kier alpha value is -1.40. The molecule has 0 spiro atoms. The molecular formula is C13H20N2O4. The highest BCUT2D eigenvalue weighted by Gasteiger charge is 2.31. The van der Waals surface area contributed by atoms with E-state index in [0.29, 0.717) is 38.3 Å². The molecule has 2 heterocycles. The monoisotopic (exact) mass is 268 g/mol. The number of rotatable bonds is 5. The van der Waals surface area contributed by atoms with E-state index < -0.39 is 5.79 Å². The Morgan fingerprint density at radius 2 is 2.21 bits per heavy atom. The van der Waals surface area contributed by atoms with Gasteiger partial charge in [0.1, 0.15) is 5.56 Å². The van der Waals surface area contributed by atoms with Gasteiger partial charge in [-0.3, -0.25) is 4.68 Å². The van der Waals surface area contributed by atoms with Crippen LogP contribution in [0.2, 0.25) is 0 Å². The van der Waals surface area contributed by atoms with Gasteiger partial charge >= 0.3 is 5.97 Å². The summed E-state index contributed by atoms with van der Waals surface area (Å²) in [4.78, 5) is 11.7. The van der Waals surface area contributed by atoms with Crippen LogP contribution in [0.3, 0.4) is 0 Å². The molecule has 0 bridgehead atoms. The maximum absolute atomic E-state index is 11.7. The average molecular weight is 268 g/mol. The van der Waals surface area contributed by atoms with E-state index in [0.717, 1.165) is 5.69 Å². The van der Waals surface area contributed by atoms with Gasteiger partial charge in [0.15, 0.2) is 5.79 Å². The molecule has 1 aliphatic rings. The second-order valence-electron chi connectivity index (χ2n) is 4.67. The van der Waals surface area contributed by atoms with Crippen molar-refractivity contribution in [3.63, 3.8) is 0 Å². The largest absolute Gasteiger partial charge is 0.462 e. The van der Waals surface area contributed by atoms with Crippen LogP contribution >= 0.6 is 0 Å². The van der Waals surface area contributed by atoms with Crippen molar-refractivity contribution in [1.29, 1.82) is 0 Å². The van der Waals surface area contributed by atoms with Crippen LogP contribution in [-0.4, -0.2) is 41.4 Å². The number of aryl methyl sites for hydroxylation is 1. The van der Waals surface area contributed by atoms with Crippen molar-refractivity contribution in [3.05, 3.63) is 17.5 Å². The van der Waals surface area contributed by atoms with Gasteiger partial charge in [0.05, 0.1) is 26.0 Å². The summed E-state index contributed by atoms with van der Waals surface area (Å²) in [5.41, 5.74) is 1.32. The topological polar surface area (TPSA) is 62.6 Å². The van der Waals surface area contributed by atoms with E-state index >= 15 is 0 Å². The first-order valence-corrected chi connectivity index (χ1v) is 6.53. The van der Waals surface area contributed by atoms with Crippen molar-refractivity contribution < 1.29 is 19.0 Å². The Kier molecular flexibility index (Phi) is 4.21. The summed E-state index contributed by atoms with van der Waals surface area (Å²) in [6.45, 7) is 7.83. The van der Waals surface area contributed by atoms with Gasteiger partial charge in [-0.05, 0) is 20.8 Å². The first kappa shape index (κ1) is 14.0. The molecule has 0 aromatic carbocycles. The van der Waals surface area contributed by atoms with Crippen molar-refractivity contribution >= 4 is 5.97 Å². The molecule has 1 aromatic rings. The van der Waals surface area contributed by atoms with E-state index in [1.807, 2.05) is 13.8 Å². The molecule has 6 heteroatoms. The summed E-state index contributed by atoms with van der Waals surface area (Å²) < 4.78 is 17.8. The van der Waals surface area contributed by atoms with E-state index in [-0.39, 0.29) is 5.97 Å². The second-order valence-corrected chi connectivity index (χ2v) is 4.67. The number of ether oxygens (including phenoxy) is 3. The standard InChI is InChI=1S/C13H20N2O4/c1-4-17-12(16)11-9-14-15(10(11)2)6-5-13(3)18-7-8-19-13/h9H,4-8H2,1-3H3. The summed E-state index contributed by atoms with van der Waals surface area (Å²) in [6.07, 6.45) is 2.24. The van der Waals surface area contributed by atoms with E-state index in [4.69, 9.17) is 14.2 Å². The lowest BCUT2D eigenvalue weighted by molar-refractivity contribution is -0.148. The number of carbonyl (C=O) groups is 1. The fourth-order valence-electron chi connectivity index (χ4n) is 2.09. The van der Waals surface area contributed by atoms with Crippen LogP contribution in [0.1, 0.15) is 36.3 Å². The number of hydrogen-bond acceptors (Lipinski definition) is 5. The molecule has 1 aliphatic heterocycles. The number of esters is 1. The van der Waals surface area contributed by atoms with Gasteiger partial charge in [-0.1, -0.05) is 0 Å². The predicted octanol–water partition coefficient (Wildman–Crippen LogP) is 1.52. The van der Waals surface area contributed by atoms with Crippen molar-refractivity contribution in [1.82, 2.24) is 9.78 Å². The zero-order chi connectivity index (χ0) is 13.9. The van der Waals surface area contributed by atoms with Gasteiger partial charge in [0, 0.05) is 18.7 Å². The molecule has 1 saturated heterocycles. The highest BCUT2D eigenvalue weighted by atomic mass is 16.7. The predicted molar refractivity (Wildman–Crippen MR) is 67.8 cm³/mol. The van der Waals surface area contributed by atoms with E-state index in [1.54, 1.807) is 17.8 Å². The minimum Gasteiger partial charge on any atom is -0.462 e. The van der Waals surface area contributed by atoms with Crippen molar-refractivity contribution in [2.75, 3.05) is 19.8 Å². The van der Waals surface area contributed by atoms with Crippen molar-refractivity contribution in [3.8, 4) is 0 Å². The highest BCUT2D eigenvalue weighted by Crippen LogP contribution is 2.23. The quantitative estimate of drug-likeness (QED) is 0.758. The van der Waals surface area contributed by atoms with Crippen LogP contribution in [0.15, 0.2) is 6.20 Å². The van der Waals surface area contributed by atoms with Gasteiger partial charge in [-0.25, -0.2) is 4.79 Å². The van der Waals surface area contributed by atoms with Crippen LogP contribution in [0.25, 0.3) is 0 Å². The molecule has 1 fully saturated rings. The van der Waals surface area contributed by atoms with E-state index in [2.05, 4.69) is 5.10 Å². The fourth-order valence-corrected chi connectivity index (χ4v) is 2.09. The third-order valence-corrected chi connectivity index (χ3v) is 3.27. The maximum Gasteiger partial charge on any atom is 0.341 e. The first-order chi connectivity index (χ1) is 9.06. The molecule has 0 amide bonds. The lowest BCUT2D eigenvalue weighted by Crippen LogP contribution is -2.27. The molecule has 0 aliphatic carbocycles. The lowest BCUT2D eigenvalue weighted by atomic mass is 10.2. The molecular weight excluding hydrogens is 248 g/mol. The fraction of sp³-hybridized carbons (Fsp3) is 0.692. The zero-order valence-electron chi connectivity index (χ0n) is 11.6. The zero-order valence-corrected chi connectivity index (χ0v) is 11.6. The van der Waals surface area contributed by atoms with E-state index in [1.165, 1.54) is 0 Å². The molecule has 0 N–H and O–H groups in total.